The molecule has 0 spiro atoms. The van der Waals surface area contributed by atoms with Gasteiger partial charge in [0.15, 0.2) is 0 Å². The second kappa shape index (κ2) is 14.7. The van der Waals surface area contributed by atoms with Gasteiger partial charge in [-0.1, -0.05) is 18.0 Å². The third kappa shape index (κ3) is 11.5. The summed E-state index contributed by atoms with van der Waals surface area (Å²) in [6, 6.07) is 0.0484. The summed E-state index contributed by atoms with van der Waals surface area (Å²) in [5.41, 5.74) is 14.2. The van der Waals surface area contributed by atoms with Crippen molar-refractivity contribution >= 4 is 12.4 Å². The van der Waals surface area contributed by atoms with Gasteiger partial charge in [-0.3, -0.25) is 0 Å². The van der Waals surface area contributed by atoms with Crippen LogP contribution in [-0.2, 0) is 0 Å². The Labute approximate surface area is 122 Å². The monoisotopic (exact) mass is 282 g/mol. The third-order valence-corrected chi connectivity index (χ3v) is 2.93. The quantitative estimate of drug-likeness (QED) is 0.214. The summed E-state index contributed by atoms with van der Waals surface area (Å²) in [6.45, 7) is 0.533. The Kier molecular flexibility index (Phi) is 15.5. The molecule has 0 aliphatic carbocycles. The zero-order valence-electron chi connectivity index (χ0n) is 11.3. The Bertz CT molecular complexity index is 336. The molecule has 0 saturated carbocycles. The Hall–Kier alpha value is -1.32. The van der Waals surface area contributed by atoms with Gasteiger partial charge in [-0.05, 0) is 31.2 Å². The van der Waals surface area contributed by atoms with Crippen molar-refractivity contribution in [2.75, 3.05) is 6.54 Å². The highest BCUT2D eigenvalue weighted by Crippen LogP contribution is 2.15. The van der Waals surface area contributed by atoms with E-state index in [1.54, 1.807) is 0 Å². The molecule has 106 valence electrons. The van der Waals surface area contributed by atoms with Gasteiger partial charge < -0.3 is 5.73 Å². The van der Waals surface area contributed by atoms with Gasteiger partial charge in [0.25, 0.3) is 0 Å². The average molecular weight is 283 g/mol. The number of azide groups is 1. The number of terminal acetylenes is 2. The van der Waals surface area contributed by atoms with Gasteiger partial charge in [0, 0.05) is 29.8 Å². The minimum atomic E-state index is 0. The van der Waals surface area contributed by atoms with E-state index in [2.05, 4.69) is 21.9 Å². The Morgan fingerprint density at radius 2 is 1.84 bits per heavy atom. The van der Waals surface area contributed by atoms with Gasteiger partial charge in [0.1, 0.15) is 0 Å². The van der Waals surface area contributed by atoms with E-state index in [-0.39, 0.29) is 24.4 Å². The van der Waals surface area contributed by atoms with Gasteiger partial charge >= 0.3 is 0 Å². The highest BCUT2D eigenvalue weighted by molar-refractivity contribution is 5.85. The SMILES string of the molecule is C#CCCCCC(N)C(C#C)CCCCN=[N+]=[N-].Cl. The van der Waals surface area contributed by atoms with Crippen LogP contribution >= 0.6 is 12.4 Å². The molecule has 2 atom stereocenters. The molecular formula is C14H23ClN4. The number of nitrogens with two attached hydrogens (primary N) is 1. The average Bonchev–Trinajstić information content (AvgIpc) is 2.39. The molecule has 2 unspecified atom stereocenters. The summed E-state index contributed by atoms with van der Waals surface area (Å²) in [7, 11) is 0. The van der Waals surface area contributed by atoms with Crippen LogP contribution in [-0.4, -0.2) is 12.6 Å². The number of nitrogens with zero attached hydrogens (tertiary/aromatic N) is 3. The largest absolute Gasteiger partial charge is 0.327 e. The van der Waals surface area contributed by atoms with E-state index in [9.17, 15) is 0 Å². The maximum absolute atomic E-state index is 8.14. The van der Waals surface area contributed by atoms with Crippen LogP contribution < -0.4 is 5.73 Å². The molecule has 2 N–H and O–H groups in total. The fourth-order valence-electron chi connectivity index (χ4n) is 1.82. The summed E-state index contributed by atoms with van der Waals surface area (Å²) in [5, 5.41) is 3.49. The number of hydrogen-bond donors (Lipinski definition) is 1. The van der Waals surface area contributed by atoms with Gasteiger partial charge in [-0.15, -0.1) is 37.1 Å². The maximum Gasteiger partial charge on any atom is 0.0351 e. The first-order chi connectivity index (χ1) is 8.76. The molecule has 0 radical (unpaired) electrons. The minimum Gasteiger partial charge on any atom is -0.327 e. The smallest absolute Gasteiger partial charge is 0.0351 e. The van der Waals surface area contributed by atoms with Gasteiger partial charge in [-0.2, -0.15) is 0 Å². The molecule has 0 aromatic heterocycles. The van der Waals surface area contributed by atoms with E-state index in [1.807, 2.05) is 0 Å². The summed E-state index contributed by atoms with van der Waals surface area (Å²) in [5.74, 6) is 5.50. The number of unbranched alkanes of at least 4 members (excludes halogenated alkanes) is 3. The van der Waals surface area contributed by atoms with Crippen molar-refractivity contribution in [3.05, 3.63) is 10.4 Å². The zero-order valence-corrected chi connectivity index (χ0v) is 12.1. The van der Waals surface area contributed by atoms with Crippen LogP contribution in [0.3, 0.4) is 0 Å². The van der Waals surface area contributed by atoms with Crippen molar-refractivity contribution in [3.63, 3.8) is 0 Å². The maximum atomic E-state index is 8.14. The lowest BCUT2D eigenvalue weighted by molar-refractivity contribution is 0.430. The first-order valence-electron chi connectivity index (χ1n) is 6.42. The first kappa shape index (κ1) is 20.0. The molecule has 0 aliphatic rings. The molecule has 4 nitrogen and oxygen atoms in total. The standard InChI is InChI=1S/C14H22N4.ClH/c1-3-5-6-7-11-14(15)13(4-2)10-8-9-12-17-18-16;/h1-2,13-14H,5-12,15H2;1H. The molecule has 0 saturated heterocycles. The zero-order chi connectivity index (χ0) is 13.6. The lowest BCUT2D eigenvalue weighted by Gasteiger charge is -2.18. The second-order valence-electron chi connectivity index (χ2n) is 4.34. The molecular weight excluding hydrogens is 260 g/mol. The fraction of sp³-hybridized carbons (Fsp3) is 0.714. The summed E-state index contributed by atoms with van der Waals surface area (Å²) in [6.07, 6.45) is 17.2. The summed E-state index contributed by atoms with van der Waals surface area (Å²) >= 11 is 0. The van der Waals surface area contributed by atoms with E-state index >= 15 is 0 Å². The van der Waals surface area contributed by atoms with Gasteiger partial charge in [0.05, 0.1) is 0 Å². The lowest BCUT2D eigenvalue weighted by Crippen LogP contribution is -2.29. The molecule has 0 aliphatic heterocycles. The molecule has 0 amide bonds. The lowest BCUT2D eigenvalue weighted by atomic mass is 9.91. The molecule has 0 fully saturated rings. The third-order valence-electron chi connectivity index (χ3n) is 2.93. The number of halogens is 1. The fourth-order valence-corrected chi connectivity index (χ4v) is 1.82. The minimum absolute atomic E-state index is 0. The molecule has 0 bridgehead atoms. The van der Waals surface area contributed by atoms with Crippen LogP contribution in [0.4, 0.5) is 0 Å². The van der Waals surface area contributed by atoms with Crippen molar-refractivity contribution in [1.82, 2.24) is 0 Å². The molecule has 0 heterocycles. The van der Waals surface area contributed by atoms with Crippen LogP contribution in [0.1, 0.15) is 44.9 Å². The van der Waals surface area contributed by atoms with Crippen LogP contribution in [0, 0.1) is 30.6 Å². The first-order valence-corrected chi connectivity index (χ1v) is 6.42. The van der Waals surface area contributed by atoms with E-state index in [1.165, 1.54) is 0 Å². The molecule has 0 rings (SSSR count). The van der Waals surface area contributed by atoms with Crippen molar-refractivity contribution < 1.29 is 0 Å². The van der Waals surface area contributed by atoms with E-state index in [4.69, 9.17) is 24.1 Å². The van der Waals surface area contributed by atoms with Crippen LogP contribution in [0.5, 0.6) is 0 Å². The van der Waals surface area contributed by atoms with E-state index < -0.39 is 0 Å². The van der Waals surface area contributed by atoms with Gasteiger partial charge in [0.2, 0.25) is 0 Å². The van der Waals surface area contributed by atoms with Crippen molar-refractivity contribution in [2.24, 2.45) is 16.8 Å². The van der Waals surface area contributed by atoms with Crippen LogP contribution in [0.15, 0.2) is 5.11 Å². The topological polar surface area (TPSA) is 74.8 Å². The van der Waals surface area contributed by atoms with Crippen LogP contribution in [0.2, 0.25) is 0 Å². The Balaban J connectivity index is 0. The molecule has 19 heavy (non-hydrogen) atoms. The highest BCUT2D eigenvalue weighted by Gasteiger charge is 2.14. The molecule has 0 aromatic rings. The predicted molar refractivity (Wildman–Crippen MR) is 82.7 cm³/mol. The van der Waals surface area contributed by atoms with Crippen molar-refractivity contribution in [1.29, 1.82) is 0 Å². The van der Waals surface area contributed by atoms with Crippen molar-refractivity contribution in [2.45, 2.75) is 51.0 Å². The van der Waals surface area contributed by atoms with E-state index in [0.717, 1.165) is 44.9 Å². The highest BCUT2D eigenvalue weighted by atomic mass is 35.5. The summed E-state index contributed by atoms with van der Waals surface area (Å²) < 4.78 is 0. The number of hydrogen-bond acceptors (Lipinski definition) is 2. The number of rotatable bonds is 10. The second-order valence-corrected chi connectivity index (χ2v) is 4.34. The Morgan fingerprint density at radius 3 is 2.42 bits per heavy atom. The van der Waals surface area contributed by atoms with E-state index in [0.29, 0.717) is 6.54 Å². The van der Waals surface area contributed by atoms with Gasteiger partial charge in [-0.25, -0.2) is 0 Å². The van der Waals surface area contributed by atoms with Crippen molar-refractivity contribution in [3.8, 4) is 24.7 Å². The summed E-state index contributed by atoms with van der Waals surface area (Å²) in [4.78, 5) is 2.71. The predicted octanol–water partition coefficient (Wildman–Crippen LogP) is 3.66. The van der Waals surface area contributed by atoms with Crippen LogP contribution in [0.25, 0.3) is 10.4 Å². The normalized spacial score (nSPS) is 12.2. The molecule has 5 heteroatoms. The Morgan fingerprint density at radius 1 is 1.16 bits per heavy atom. The molecule has 0 aromatic carbocycles.